The van der Waals surface area contributed by atoms with Gasteiger partial charge in [0.1, 0.15) is 10.7 Å². The molecule has 0 aliphatic rings. The van der Waals surface area contributed by atoms with Crippen molar-refractivity contribution in [2.75, 3.05) is 10.6 Å². The number of thiazole rings is 1. The summed E-state index contributed by atoms with van der Waals surface area (Å²) in [5, 5.41) is 6.99. The van der Waals surface area contributed by atoms with E-state index in [1.54, 1.807) is 6.20 Å². The van der Waals surface area contributed by atoms with Gasteiger partial charge in [-0.2, -0.15) is 0 Å². The van der Waals surface area contributed by atoms with Crippen LogP contribution in [0.15, 0.2) is 42.6 Å². The molecule has 158 valence electrons. The minimum absolute atomic E-state index is 0.135. The zero-order chi connectivity index (χ0) is 21.5. The number of nitrogens with zero attached hydrogens (tertiary/aromatic N) is 2. The molecule has 0 aliphatic carbocycles. The summed E-state index contributed by atoms with van der Waals surface area (Å²) >= 11 is 1.33. The first-order chi connectivity index (χ1) is 14.5. The molecule has 1 atom stereocenters. The lowest BCUT2D eigenvalue weighted by molar-refractivity contribution is 0.103. The summed E-state index contributed by atoms with van der Waals surface area (Å²) in [5.74, 6) is 0.997. The number of unbranched alkanes of at least 4 members (excludes halogenated alkanes) is 1. The van der Waals surface area contributed by atoms with E-state index < -0.39 is 0 Å². The molecule has 3 aromatic rings. The highest BCUT2D eigenvalue weighted by molar-refractivity contribution is 7.17. The highest BCUT2D eigenvalue weighted by Crippen LogP contribution is 2.31. The predicted octanol–water partition coefficient (Wildman–Crippen LogP) is 6.70. The van der Waals surface area contributed by atoms with E-state index in [1.807, 2.05) is 37.3 Å². The Labute approximate surface area is 183 Å². The number of aryl methyl sites for hydroxylation is 2. The van der Waals surface area contributed by atoms with Crippen LogP contribution in [0.4, 0.5) is 16.6 Å². The van der Waals surface area contributed by atoms with E-state index in [9.17, 15) is 4.79 Å². The number of carbonyl (C=O) groups is 1. The van der Waals surface area contributed by atoms with Crippen LogP contribution in [0.3, 0.4) is 0 Å². The third kappa shape index (κ3) is 5.45. The molecule has 2 aromatic heterocycles. The second kappa shape index (κ2) is 10.3. The molecule has 30 heavy (non-hydrogen) atoms. The van der Waals surface area contributed by atoms with Crippen LogP contribution >= 0.6 is 11.3 Å². The van der Waals surface area contributed by atoms with Crippen molar-refractivity contribution in [3.05, 3.63) is 64.3 Å². The molecule has 0 radical (unpaired) electrons. The smallest absolute Gasteiger partial charge is 0.267 e. The van der Waals surface area contributed by atoms with E-state index in [1.165, 1.54) is 16.9 Å². The van der Waals surface area contributed by atoms with Gasteiger partial charge in [-0.3, -0.25) is 4.79 Å². The first kappa shape index (κ1) is 22.0. The van der Waals surface area contributed by atoms with Gasteiger partial charge in [-0.15, -0.1) is 0 Å². The lowest BCUT2D eigenvalue weighted by Gasteiger charge is -2.17. The van der Waals surface area contributed by atoms with Crippen LogP contribution in [0.25, 0.3) is 0 Å². The van der Waals surface area contributed by atoms with Crippen LogP contribution in [-0.2, 0) is 6.42 Å². The summed E-state index contributed by atoms with van der Waals surface area (Å²) in [5.41, 5.74) is 4.21. The van der Waals surface area contributed by atoms with Crippen molar-refractivity contribution in [1.82, 2.24) is 9.97 Å². The van der Waals surface area contributed by atoms with Gasteiger partial charge in [0.25, 0.3) is 5.91 Å². The second-order valence-electron chi connectivity index (χ2n) is 7.57. The lowest BCUT2D eigenvalue weighted by Crippen LogP contribution is -2.13. The Morgan fingerprint density at radius 1 is 1.17 bits per heavy atom. The first-order valence-corrected chi connectivity index (χ1v) is 11.4. The van der Waals surface area contributed by atoms with Gasteiger partial charge in [0.05, 0.1) is 6.20 Å². The van der Waals surface area contributed by atoms with Crippen molar-refractivity contribution >= 4 is 33.9 Å². The highest BCUT2D eigenvalue weighted by atomic mass is 32.1. The SMILES string of the molecule is CCCCc1cccc(Nc2ncc(C(=O)Nc3c(C)cccc3C(C)CC)s2)n1. The molecular formula is C24H30N4OS. The number of nitrogens with one attached hydrogen (secondary N) is 2. The van der Waals surface area contributed by atoms with Crippen molar-refractivity contribution in [3.8, 4) is 0 Å². The molecular weight excluding hydrogens is 392 g/mol. The molecule has 1 amide bonds. The summed E-state index contributed by atoms with van der Waals surface area (Å²) in [4.78, 5) is 22.5. The van der Waals surface area contributed by atoms with Crippen molar-refractivity contribution in [2.45, 2.75) is 59.3 Å². The van der Waals surface area contributed by atoms with Gasteiger partial charge in [-0.05, 0) is 55.4 Å². The average molecular weight is 423 g/mol. The van der Waals surface area contributed by atoms with E-state index in [0.29, 0.717) is 15.9 Å². The number of aromatic nitrogens is 2. The number of benzene rings is 1. The quantitative estimate of drug-likeness (QED) is 0.403. The molecule has 0 saturated carbocycles. The molecule has 2 N–H and O–H groups in total. The van der Waals surface area contributed by atoms with Gasteiger partial charge in [0.2, 0.25) is 0 Å². The Bertz CT molecular complexity index is 998. The molecule has 1 unspecified atom stereocenters. The number of hydrogen-bond acceptors (Lipinski definition) is 5. The van der Waals surface area contributed by atoms with Crippen LogP contribution in [0, 0.1) is 6.92 Å². The van der Waals surface area contributed by atoms with E-state index in [-0.39, 0.29) is 5.91 Å². The standard InChI is InChI=1S/C24H30N4OS/c1-5-7-11-18-12-9-14-21(26-18)27-24-25-15-20(30-24)23(29)28-22-17(4)10-8-13-19(22)16(3)6-2/h8-10,12-16H,5-7,11H2,1-4H3,(H,28,29)(H,25,26,27). The Morgan fingerprint density at radius 3 is 2.73 bits per heavy atom. The first-order valence-electron chi connectivity index (χ1n) is 10.6. The molecule has 0 spiro atoms. The normalized spacial score (nSPS) is 11.9. The number of rotatable bonds is 9. The topological polar surface area (TPSA) is 66.9 Å². The number of anilines is 3. The van der Waals surface area contributed by atoms with Gasteiger partial charge in [0.15, 0.2) is 5.13 Å². The van der Waals surface area contributed by atoms with Gasteiger partial charge in [-0.25, -0.2) is 9.97 Å². The number of pyridine rings is 1. The van der Waals surface area contributed by atoms with Crippen molar-refractivity contribution in [2.24, 2.45) is 0 Å². The lowest BCUT2D eigenvalue weighted by atomic mass is 9.94. The van der Waals surface area contributed by atoms with Gasteiger partial charge in [0, 0.05) is 11.4 Å². The monoisotopic (exact) mass is 422 g/mol. The molecule has 6 heteroatoms. The van der Waals surface area contributed by atoms with E-state index in [4.69, 9.17) is 0 Å². The summed E-state index contributed by atoms with van der Waals surface area (Å²) in [7, 11) is 0. The zero-order valence-electron chi connectivity index (χ0n) is 18.2. The van der Waals surface area contributed by atoms with E-state index in [0.717, 1.165) is 48.4 Å². The molecule has 3 rings (SSSR count). The number of para-hydroxylation sites is 1. The van der Waals surface area contributed by atoms with Crippen LogP contribution in [0.2, 0.25) is 0 Å². The number of carbonyl (C=O) groups excluding carboxylic acids is 1. The Morgan fingerprint density at radius 2 is 1.97 bits per heavy atom. The Kier molecular flexibility index (Phi) is 7.57. The maximum Gasteiger partial charge on any atom is 0.267 e. The molecule has 0 fully saturated rings. The minimum atomic E-state index is -0.135. The minimum Gasteiger partial charge on any atom is -0.321 e. The van der Waals surface area contributed by atoms with Crippen LogP contribution in [0.5, 0.6) is 0 Å². The fourth-order valence-electron chi connectivity index (χ4n) is 3.26. The Balaban J connectivity index is 1.72. The zero-order valence-corrected chi connectivity index (χ0v) is 19.0. The molecule has 5 nitrogen and oxygen atoms in total. The molecule has 0 aliphatic heterocycles. The summed E-state index contributed by atoms with van der Waals surface area (Å²) in [6.45, 7) is 8.54. The van der Waals surface area contributed by atoms with E-state index in [2.05, 4.69) is 47.4 Å². The van der Waals surface area contributed by atoms with Crippen LogP contribution in [0.1, 0.15) is 72.4 Å². The maximum absolute atomic E-state index is 12.9. The molecule has 0 saturated heterocycles. The summed E-state index contributed by atoms with van der Waals surface area (Å²) in [6.07, 6.45) is 5.86. The van der Waals surface area contributed by atoms with Gasteiger partial charge >= 0.3 is 0 Å². The van der Waals surface area contributed by atoms with Gasteiger partial charge in [-0.1, -0.05) is 62.8 Å². The van der Waals surface area contributed by atoms with Crippen molar-refractivity contribution < 1.29 is 4.79 Å². The number of hydrogen-bond donors (Lipinski definition) is 2. The molecule has 0 bridgehead atoms. The van der Waals surface area contributed by atoms with Crippen molar-refractivity contribution in [3.63, 3.8) is 0 Å². The fraction of sp³-hybridized carbons (Fsp3) is 0.375. The summed E-state index contributed by atoms with van der Waals surface area (Å²) in [6, 6.07) is 12.1. The second-order valence-corrected chi connectivity index (χ2v) is 8.61. The van der Waals surface area contributed by atoms with Crippen LogP contribution < -0.4 is 10.6 Å². The number of amides is 1. The van der Waals surface area contributed by atoms with Gasteiger partial charge < -0.3 is 10.6 Å². The van der Waals surface area contributed by atoms with Crippen LogP contribution in [-0.4, -0.2) is 15.9 Å². The predicted molar refractivity (Wildman–Crippen MR) is 126 cm³/mol. The average Bonchev–Trinajstić information content (AvgIpc) is 3.22. The fourth-order valence-corrected chi connectivity index (χ4v) is 3.98. The largest absolute Gasteiger partial charge is 0.321 e. The molecule has 2 heterocycles. The third-order valence-corrected chi connectivity index (χ3v) is 6.16. The molecule has 1 aromatic carbocycles. The third-order valence-electron chi connectivity index (χ3n) is 5.24. The highest BCUT2D eigenvalue weighted by Gasteiger charge is 2.17. The summed E-state index contributed by atoms with van der Waals surface area (Å²) < 4.78 is 0. The maximum atomic E-state index is 12.9. The van der Waals surface area contributed by atoms with Crippen molar-refractivity contribution in [1.29, 1.82) is 0 Å². The Hall–Kier alpha value is -2.73. The van der Waals surface area contributed by atoms with E-state index >= 15 is 0 Å².